The average Bonchev–Trinajstić information content (AvgIpc) is 3.45. The van der Waals surface area contributed by atoms with E-state index in [0.717, 1.165) is 31.4 Å². The molecular formula is C18H24ClN3O3. The van der Waals surface area contributed by atoms with Crippen LogP contribution in [0.1, 0.15) is 24.8 Å². The average molecular weight is 366 g/mol. The summed E-state index contributed by atoms with van der Waals surface area (Å²) in [6.45, 7) is 2.93. The molecule has 7 heteroatoms. The number of carbonyl (C=O) groups excluding carboxylic acids is 2. The van der Waals surface area contributed by atoms with Gasteiger partial charge >= 0.3 is 6.03 Å². The third kappa shape index (κ3) is 4.57. The Kier molecular flexibility index (Phi) is 5.68. The molecule has 2 aliphatic rings. The van der Waals surface area contributed by atoms with E-state index in [9.17, 15) is 9.59 Å². The lowest BCUT2D eigenvalue weighted by Gasteiger charge is -2.22. The van der Waals surface area contributed by atoms with Crippen molar-refractivity contribution in [2.75, 3.05) is 33.3 Å². The van der Waals surface area contributed by atoms with Gasteiger partial charge in [-0.2, -0.15) is 0 Å². The van der Waals surface area contributed by atoms with Gasteiger partial charge < -0.3 is 19.9 Å². The van der Waals surface area contributed by atoms with E-state index in [1.54, 1.807) is 30.2 Å². The van der Waals surface area contributed by atoms with Gasteiger partial charge in [0.05, 0.1) is 7.11 Å². The highest BCUT2D eigenvalue weighted by Gasteiger charge is 2.34. The van der Waals surface area contributed by atoms with Crippen molar-refractivity contribution in [3.8, 4) is 5.75 Å². The molecule has 0 bridgehead atoms. The molecule has 136 valence electrons. The van der Waals surface area contributed by atoms with Crippen LogP contribution < -0.4 is 10.1 Å². The first-order chi connectivity index (χ1) is 12.1. The maximum atomic E-state index is 12.5. The first kappa shape index (κ1) is 17.9. The summed E-state index contributed by atoms with van der Waals surface area (Å²) in [5.74, 6) is 1.18. The van der Waals surface area contributed by atoms with Crippen LogP contribution in [-0.2, 0) is 11.3 Å². The molecule has 2 fully saturated rings. The number of amides is 3. The summed E-state index contributed by atoms with van der Waals surface area (Å²) in [7, 11) is 1.59. The van der Waals surface area contributed by atoms with Crippen LogP contribution in [0.3, 0.4) is 0 Å². The molecule has 0 unspecified atom stereocenters. The molecule has 3 rings (SSSR count). The van der Waals surface area contributed by atoms with Gasteiger partial charge in [-0.25, -0.2) is 4.79 Å². The lowest BCUT2D eigenvalue weighted by Crippen LogP contribution is -2.42. The van der Waals surface area contributed by atoms with Gasteiger partial charge in [0, 0.05) is 49.2 Å². The Balaban J connectivity index is 1.53. The molecule has 0 aromatic heterocycles. The molecule has 0 spiro atoms. The molecule has 1 heterocycles. The monoisotopic (exact) mass is 365 g/mol. The number of carbonyl (C=O) groups is 2. The minimum Gasteiger partial charge on any atom is -0.496 e. The van der Waals surface area contributed by atoms with Crippen LogP contribution in [0.15, 0.2) is 18.2 Å². The molecule has 0 atom stereocenters. The number of methoxy groups -OCH3 is 1. The molecule has 1 aromatic rings. The Labute approximate surface area is 153 Å². The molecule has 6 nitrogen and oxygen atoms in total. The second kappa shape index (κ2) is 7.95. The molecule has 1 aliphatic carbocycles. The Bertz CT molecular complexity index is 648. The SMILES string of the molecule is COc1ccc(Cl)cc1CNC(=O)N1CCCN(C(=O)C2CC2)CC1. The Hall–Kier alpha value is -1.95. The van der Waals surface area contributed by atoms with Crippen molar-refractivity contribution in [1.29, 1.82) is 0 Å². The second-order valence-corrected chi connectivity index (χ2v) is 6.99. The van der Waals surface area contributed by atoms with Gasteiger partial charge in [-0.15, -0.1) is 0 Å². The predicted octanol–water partition coefficient (Wildman–Crippen LogP) is 2.50. The standard InChI is InChI=1S/C18H24ClN3O3/c1-25-16-6-5-15(19)11-14(16)12-20-18(24)22-8-2-7-21(9-10-22)17(23)13-3-4-13/h5-6,11,13H,2-4,7-10,12H2,1H3,(H,20,24). The highest BCUT2D eigenvalue weighted by Crippen LogP contribution is 2.31. The van der Waals surface area contributed by atoms with Crippen molar-refractivity contribution >= 4 is 23.5 Å². The maximum Gasteiger partial charge on any atom is 0.317 e. The van der Waals surface area contributed by atoms with Crippen LogP contribution in [-0.4, -0.2) is 55.0 Å². The molecule has 1 aromatic carbocycles. The van der Waals surface area contributed by atoms with E-state index in [0.29, 0.717) is 37.0 Å². The van der Waals surface area contributed by atoms with Crippen molar-refractivity contribution < 1.29 is 14.3 Å². The molecule has 1 aliphatic heterocycles. The number of hydrogen-bond acceptors (Lipinski definition) is 3. The normalized spacial score (nSPS) is 17.8. The molecule has 1 N–H and O–H groups in total. The Morgan fingerprint density at radius 1 is 1.20 bits per heavy atom. The number of benzene rings is 1. The third-order valence-electron chi connectivity index (χ3n) is 4.69. The van der Waals surface area contributed by atoms with Gasteiger partial charge in [0.25, 0.3) is 0 Å². The molecule has 25 heavy (non-hydrogen) atoms. The Morgan fingerprint density at radius 3 is 2.64 bits per heavy atom. The maximum absolute atomic E-state index is 12.5. The van der Waals surface area contributed by atoms with E-state index < -0.39 is 0 Å². The summed E-state index contributed by atoms with van der Waals surface area (Å²) in [5.41, 5.74) is 0.837. The number of nitrogens with zero attached hydrogens (tertiary/aromatic N) is 2. The number of hydrogen-bond donors (Lipinski definition) is 1. The smallest absolute Gasteiger partial charge is 0.317 e. The molecule has 0 radical (unpaired) electrons. The van der Waals surface area contributed by atoms with E-state index in [1.165, 1.54) is 0 Å². The topological polar surface area (TPSA) is 61.9 Å². The molecule has 3 amide bonds. The van der Waals surface area contributed by atoms with Crippen molar-refractivity contribution in [3.05, 3.63) is 28.8 Å². The quantitative estimate of drug-likeness (QED) is 0.891. The predicted molar refractivity (Wildman–Crippen MR) is 95.7 cm³/mol. The summed E-state index contributed by atoms with van der Waals surface area (Å²) in [6.07, 6.45) is 2.84. The fourth-order valence-corrected chi connectivity index (χ4v) is 3.29. The highest BCUT2D eigenvalue weighted by atomic mass is 35.5. The summed E-state index contributed by atoms with van der Waals surface area (Å²) in [6, 6.07) is 5.21. The van der Waals surface area contributed by atoms with Crippen molar-refractivity contribution in [2.24, 2.45) is 5.92 Å². The van der Waals surface area contributed by atoms with Crippen LogP contribution in [0.5, 0.6) is 5.75 Å². The number of ether oxygens (including phenoxy) is 1. The highest BCUT2D eigenvalue weighted by molar-refractivity contribution is 6.30. The van der Waals surface area contributed by atoms with Crippen molar-refractivity contribution in [3.63, 3.8) is 0 Å². The zero-order chi connectivity index (χ0) is 17.8. The number of rotatable bonds is 4. The van der Waals surface area contributed by atoms with Gasteiger partial charge in [-0.1, -0.05) is 11.6 Å². The minimum absolute atomic E-state index is 0.122. The summed E-state index contributed by atoms with van der Waals surface area (Å²) >= 11 is 6.02. The zero-order valence-corrected chi connectivity index (χ0v) is 15.2. The Morgan fingerprint density at radius 2 is 1.92 bits per heavy atom. The van der Waals surface area contributed by atoms with E-state index in [-0.39, 0.29) is 17.9 Å². The zero-order valence-electron chi connectivity index (χ0n) is 14.5. The fourth-order valence-electron chi connectivity index (χ4n) is 3.10. The van der Waals surface area contributed by atoms with Gasteiger partial charge in [0.1, 0.15) is 5.75 Å². The number of nitrogens with one attached hydrogen (secondary N) is 1. The first-order valence-electron chi connectivity index (χ1n) is 8.72. The number of urea groups is 1. The largest absolute Gasteiger partial charge is 0.496 e. The lowest BCUT2D eigenvalue weighted by atomic mass is 10.2. The second-order valence-electron chi connectivity index (χ2n) is 6.56. The van der Waals surface area contributed by atoms with E-state index in [4.69, 9.17) is 16.3 Å². The van der Waals surface area contributed by atoms with Crippen LogP contribution in [0, 0.1) is 5.92 Å². The van der Waals surface area contributed by atoms with Crippen LogP contribution >= 0.6 is 11.6 Å². The summed E-state index contributed by atoms with van der Waals surface area (Å²) in [5, 5.41) is 3.53. The van der Waals surface area contributed by atoms with E-state index in [1.807, 2.05) is 4.90 Å². The minimum atomic E-state index is -0.122. The van der Waals surface area contributed by atoms with Gasteiger partial charge in [-0.3, -0.25) is 4.79 Å². The molecular weight excluding hydrogens is 342 g/mol. The summed E-state index contributed by atoms with van der Waals surface area (Å²) in [4.78, 5) is 28.3. The fraction of sp³-hybridized carbons (Fsp3) is 0.556. The third-order valence-corrected chi connectivity index (χ3v) is 4.93. The summed E-state index contributed by atoms with van der Waals surface area (Å²) < 4.78 is 5.30. The van der Waals surface area contributed by atoms with E-state index >= 15 is 0 Å². The lowest BCUT2D eigenvalue weighted by molar-refractivity contribution is -0.132. The van der Waals surface area contributed by atoms with Gasteiger partial charge in [-0.05, 0) is 37.5 Å². The van der Waals surface area contributed by atoms with Crippen molar-refractivity contribution in [2.45, 2.75) is 25.8 Å². The van der Waals surface area contributed by atoms with Crippen LogP contribution in [0.4, 0.5) is 4.79 Å². The molecule has 1 saturated heterocycles. The molecule has 1 saturated carbocycles. The number of halogens is 1. The van der Waals surface area contributed by atoms with Gasteiger partial charge in [0.2, 0.25) is 5.91 Å². The van der Waals surface area contributed by atoms with Crippen molar-refractivity contribution in [1.82, 2.24) is 15.1 Å². The van der Waals surface area contributed by atoms with Crippen LogP contribution in [0.2, 0.25) is 5.02 Å². The van der Waals surface area contributed by atoms with E-state index in [2.05, 4.69) is 5.32 Å². The van der Waals surface area contributed by atoms with Gasteiger partial charge in [0.15, 0.2) is 0 Å². The van der Waals surface area contributed by atoms with Crippen LogP contribution in [0.25, 0.3) is 0 Å². The first-order valence-corrected chi connectivity index (χ1v) is 9.10.